The minimum Gasteiger partial charge on any atom is -0.480 e. The van der Waals surface area contributed by atoms with E-state index in [1.54, 1.807) is 16.7 Å². The van der Waals surface area contributed by atoms with Gasteiger partial charge in [0.15, 0.2) is 5.43 Å². The highest BCUT2D eigenvalue weighted by molar-refractivity contribution is 7.98. The predicted molar refractivity (Wildman–Crippen MR) is 106 cm³/mol. The quantitative estimate of drug-likeness (QED) is 0.558. The van der Waals surface area contributed by atoms with E-state index in [0.29, 0.717) is 21.9 Å². The normalized spacial score (nSPS) is 12.0. The molecule has 0 atom stereocenters. The molecule has 0 saturated heterocycles. The third-order valence-electron chi connectivity index (χ3n) is 4.48. The summed E-state index contributed by atoms with van der Waals surface area (Å²) in [5.41, 5.74) is 2.59. The Kier molecular flexibility index (Phi) is 4.56. The average Bonchev–Trinajstić information content (AvgIpc) is 2.56. The van der Waals surface area contributed by atoms with Crippen LogP contribution in [0.1, 0.15) is 32.0 Å². The van der Waals surface area contributed by atoms with Crippen molar-refractivity contribution in [2.75, 3.05) is 6.26 Å². The van der Waals surface area contributed by atoms with E-state index < -0.39 is 5.97 Å². The summed E-state index contributed by atoms with van der Waals surface area (Å²) >= 11 is 1.51. The van der Waals surface area contributed by atoms with Crippen LogP contribution in [0.15, 0.2) is 34.0 Å². The Labute approximate surface area is 156 Å². The summed E-state index contributed by atoms with van der Waals surface area (Å²) in [5, 5.41) is 10.5. The number of carboxylic acids is 1. The molecular weight excluding hydrogens is 348 g/mol. The Hall–Kier alpha value is -2.34. The van der Waals surface area contributed by atoms with Crippen LogP contribution in [0, 0.1) is 6.92 Å². The molecule has 0 spiro atoms. The number of benzene rings is 1. The Morgan fingerprint density at radius 1 is 1.19 bits per heavy atom. The smallest absolute Gasteiger partial charge is 0.323 e. The molecule has 0 amide bonds. The number of thioether (sulfide) groups is 1. The number of rotatable bonds is 3. The lowest BCUT2D eigenvalue weighted by Gasteiger charge is -2.21. The van der Waals surface area contributed by atoms with Gasteiger partial charge in [0.25, 0.3) is 0 Å². The van der Waals surface area contributed by atoms with Crippen LogP contribution in [0.4, 0.5) is 0 Å². The molecule has 0 unspecified atom stereocenters. The summed E-state index contributed by atoms with van der Waals surface area (Å²) in [7, 11) is 0. The molecule has 1 aromatic carbocycles. The van der Waals surface area contributed by atoms with Crippen molar-refractivity contribution in [3.05, 3.63) is 45.7 Å². The van der Waals surface area contributed by atoms with Gasteiger partial charge in [-0.3, -0.25) is 9.59 Å². The van der Waals surface area contributed by atoms with Gasteiger partial charge in [-0.15, -0.1) is 11.8 Å². The number of aliphatic carboxylic acids is 1. The van der Waals surface area contributed by atoms with E-state index in [1.807, 2.05) is 46.1 Å². The molecule has 0 fully saturated rings. The molecule has 0 aliphatic carbocycles. The number of fused-ring (bicyclic) bond motifs is 2. The van der Waals surface area contributed by atoms with Crippen molar-refractivity contribution in [2.45, 2.75) is 44.6 Å². The van der Waals surface area contributed by atoms with Gasteiger partial charge in [-0.25, -0.2) is 4.98 Å². The highest BCUT2D eigenvalue weighted by atomic mass is 32.2. The van der Waals surface area contributed by atoms with Crippen molar-refractivity contribution < 1.29 is 9.90 Å². The second-order valence-corrected chi connectivity index (χ2v) is 8.26. The van der Waals surface area contributed by atoms with Crippen LogP contribution in [0.25, 0.3) is 21.9 Å². The van der Waals surface area contributed by atoms with Gasteiger partial charge in [0.1, 0.15) is 12.2 Å². The number of aryl methyl sites for hydroxylation is 1. The minimum absolute atomic E-state index is 0.111. The summed E-state index contributed by atoms with van der Waals surface area (Å²) in [5.74, 6) is -0.965. The van der Waals surface area contributed by atoms with Crippen LogP contribution in [0.2, 0.25) is 0 Å². The monoisotopic (exact) mass is 370 g/mol. The molecule has 5 nitrogen and oxygen atoms in total. The first-order valence-electron chi connectivity index (χ1n) is 8.38. The van der Waals surface area contributed by atoms with Crippen LogP contribution in [0.5, 0.6) is 0 Å². The van der Waals surface area contributed by atoms with E-state index >= 15 is 0 Å². The van der Waals surface area contributed by atoms with E-state index in [9.17, 15) is 14.7 Å². The third-order valence-corrected chi connectivity index (χ3v) is 5.41. The van der Waals surface area contributed by atoms with Gasteiger partial charge in [0.05, 0.1) is 10.9 Å². The van der Waals surface area contributed by atoms with Gasteiger partial charge in [-0.05, 0) is 36.9 Å². The zero-order chi connectivity index (χ0) is 19.2. The summed E-state index contributed by atoms with van der Waals surface area (Å²) in [6.07, 6.45) is 1.93. The van der Waals surface area contributed by atoms with E-state index in [1.165, 1.54) is 11.8 Å². The van der Waals surface area contributed by atoms with E-state index in [2.05, 4.69) is 0 Å². The fourth-order valence-corrected chi connectivity index (χ4v) is 3.97. The van der Waals surface area contributed by atoms with Crippen molar-refractivity contribution >= 4 is 39.7 Å². The number of nitrogens with zero attached hydrogens (tertiary/aromatic N) is 2. The molecule has 2 heterocycles. The molecule has 0 aliphatic heterocycles. The van der Waals surface area contributed by atoms with Gasteiger partial charge >= 0.3 is 5.97 Å². The Balaban J connectivity index is 2.59. The predicted octanol–water partition coefficient (Wildman–Crippen LogP) is 3.96. The number of carboxylic acid groups (broad SMARTS) is 1. The van der Waals surface area contributed by atoms with Crippen molar-refractivity contribution in [2.24, 2.45) is 0 Å². The van der Waals surface area contributed by atoms with Crippen LogP contribution in [-0.4, -0.2) is 26.9 Å². The second kappa shape index (κ2) is 6.43. The maximum Gasteiger partial charge on any atom is 0.323 e. The lowest BCUT2D eigenvalue weighted by atomic mass is 9.91. The van der Waals surface area contributed by atoms with Gasteiger partial charge in [0, 0.05) is 21.4 Å². The Bertz CT molecular complexity index is 1090. The number of hydrogen-bond donors (Lipinski definition) is 1. The highest BCUT2D eigenvalue weighted by Gasteiger charge is 2.21. The average molecular weight is 370 g/mol. The van der Waals surface area contributed by atoms with Gasteiger partial charge < -0.3 is 9.67 Å². The van der Waals surface area contributed by atoms with Crippen molar-refractivity contribution in [3.63, 3.8) is 0 Å². The zero-order valence-corrected chi connectivity index (χ0v) is 16.4. The molecule has 6 heteroatoms. The molecule has 2 aromatic heterocycles. The topological polar surface area (TPSA) is 72.2 Å². The lowest BCUT2D eigenvalue weighted by molar-refractivity contribution is -0.137. The van der Waals surface area contributed by atoms with Crippen molar-refractivity contribution in [1.29, 1.82) is 0 Å². The first kappa shape index (κ1) is 18.5. The first-order valence-corrected chi connectivity index (χ1v) is 9.60. The van der Waals surface area contributed by atoms with Crippen LogP contribution < -0.4 is 5.43 Å². The molecule has 136 valence electrons. The fourth-order valence-electron chi connectivity index (χ4n) is 3.17. The Morgan fingerprint density at radius 2 is 1.85 bits per heavy atom. The molecular formula is C20H22N2O3S. The fraction of sp³-hybridized carbons (Fsp3) is 0.350. The van der Waals surface area contributed by atoms with E-state index in [4.69, 9.17) is 4.98 Å². The standard InChI is InChI=1S/C20H22N2O3S/c1-11-6-7-12-16(18(11)26-5)22(10-15(23)24)19-13(17(12)25)8-9-14(21-19)20(2,3)4/h6-9H,10H2,1-5H3,(H,23,24). The summed E-state index contributed by atoms with van der Waals surface area (Å²) in [6.45, 7) is 7.84. The molecule has 3 rings (SSSR count). The zero-order valence-electron chi connectivity index (χ0n) is 15.6. The van der Waals surface area contributed by atoms with Gasteiger partial charge in [-0.1, -0.05) is 26.8 Å². The first-order chi connectivity index (χ1) is 12.1. The van der Waals surface area contributed by atoms with E-state index in [0.717, 1.165) is 16.2 Å². The third kappa shape index (κ3) is 2.98. The Morgan fingerprint density at radius 3 is 2.42 bits per heavy atom. The van der Waals surface area contributed by atoms with Gasteiger partial charge in [-0.2, -0.15) is 0 Å². The molecule has 0 aliphatic rings. The number of pyridine rings is 2. The molecule has 26 heavy (non-hydrogen) atoms. The highest BCUT2D eigenvalue weighted by Crippen LogP contribution is 2.31. The van der Waals surface area contributed by atoms with Gasteiger partial charge in [0.2, 0.25) is 0 Å². The van der Waals surface area contributed by atoms with Crippen molar-refractivity contribution in [1.82, 2.24) is 9.55 Å². The number of carbonyl (C=O) groups is 1. The number of aromatic nitrogens is 2. The minimum atomic E-state index is -0.965. The van der Waals surface area contributed by atoms with Crippen LogP contribution >= 0.6 is 11.8 Å². The molecule has 0 radical (unpaired) electrons. The summed E-state index contributed by atoms with van der Waals surface area (Å²) < 4.78 is 1.67. The molecule has 0 saturated carbocycles. The van der Waals surface area contributed by atoms with Crippen molar-refractivity contribution in [3.8, 4) is 0 Å². The maximum absolute atomic E-state index is 13.1. The summed E-state index contributed by atoms with van der Waals surface area (Å²) in [6, 6.07) is 7.30. The van der Waals surface area contributed by atoms with Crippen LogP contribution in [0.3, 0.4) is 0 Å². The van der Waals surface area contributed by atoms with E-state index in [-0.39, 0.29) is 17.4 Å². The second-order valence-electron chi connectivity index (χ2n) is 7.44. The lowest BCUT2D eigenvalue weighted by Crippen LogP contribution is -2.20. The largest absolute Gasteiger partial charge is 0.480 e. The van der Waals surface area contributed by atoms with Crippen LogP contribution in [-0.2, 0) is 16.8 Å². The number of hydrogen-bond acceptors (Lipinski definition) is 4. The molecule has 0 bridgehead atoms. The molecule has 1 N–H and O–H groups in total. The maximum atomic E-state index is 13.1. The molecule has 3 aromatic rings. The SMILES string of the molecule is CSc1c(C)ccc2c(=O)c3ccc(C(C)(C)C)nc3n(CC(=O)O)c12. The summed E-state index contributed by atoms with van der Waals surface area (Å²) in [4.78, 5) is 30.2.